The van der Waals surface area contributed by atoms with Crippen LogP contribution in [0.2, 0.25) is 0 Å². The minimum atomic E-state index is -0.390. The Labute approximate surface area is 182 Å². The Balaban J connectivity index is 1.30. The van der Waals surface area contributed by atoms with E-state index in [1.165, 1.54) is 11.8 Å². The van der Waals surface area contributed by atoms with Gasteiger partial charge in [-0.15, -0.1) is 10.2 Å². The van der Waals surface area contributed by atoms with Gasteiger partial charge < -0.3 is 19.5 Å². The fraction of sp³-hybridized carbons (Fsp3) is 0.182. The second kappa shape index (κ2) is 9.48. The molecule has 0 spiro atoms. The molecule has 1 aliphatic rings. The highest BCUT2D eigenvalue weighted by atomic mass is 32.2. The van der Waals surface area contributed by atoms with E-state index in [9.17, 15) is 9.59 Å². The Morgan fingerprint density at radius 3 is 2.58 bits per heavy atom. The van der Waals surface area contributed by atoms with Crippen molar-refractivity contribution in [3.05, 3.63) is 60.2 Å². The van der Waals surface area contributed by atoms with Crippen LogP contribution in [0, 0.1) is 0 Å². The zero-order valence-electron chi connectivity index (χ0n) is 16.7. The molecule has 1 aliphatic heterocycles. The van der Waals surface area contributed by atoms with Crippen molar-refractivity contribution in [3.8, 4) is 22.8 Å². The first kappa shape index (κ1) is 20.7. The number of nitrogens with zero attached hydrogens (tertiary/aromatic N) is 2. The number of anilines is 1. The summed E-state index contributed by atoms with van der Waals surface area (Å²) in [6.45, 7) is 2.28. The Bertz CT molecular complexity index is 1090. The van der Waals surface area contributed by atoms with Gasteiger partial charge in [-0.3, -0.25) is 4.79 Å². The summed E-state index contributed by atoms with van der Waals surface area (Å²) < 4.78 is 15.6. The molecule has 0 aliphatic carbocycles. The van der Waals surface area contributed by atoms with E-state index in [2.05, 4.69) is 15.5 Å². The van der Waals surface area contributed by atoms with Gasteiger partial charge in [0.1, 0.15) is 5.03 Å². The van der Waals surface area contributed by atoms with E-state index in [0.29, 0.717) is 40.1 Å². The number of amides is 1. The number of carbonyl (C=O) groups excluding carboxylic acids is 2. The van der Waals surface area contributed by atoms with E-state index >= 15 is 0 Å². The van der Waals surface area contributed by atoms with Gasteiger partial charge in [0.25, 0.3) is 0 Å². The molecule has 9 heteroatoms. The van der Waals surface area contributed by atoms with Gasteiger partial charge in [0, 0.05) is 11.3 Å². The number of thioether (sulfide) groups is 1. The highest BCUT2D eigenvalue weighted by Crippen LogP contribution is 2.35. The number of aromatic nitrogens is 2. The van der Waals surface area contributed by atoms with Gasteiger partial charge in [-0.2, -0.15) is 0 Å². The molecule has 1 N–H and O–H groups in total. The smallest absolute Gasteiger partial charge is 0.338 e. The molecule has 0 saturated carbocycles. The number of esters is 1. The van der Waals surface area contributed by atoms with E-state index in [0.717, 1.165) is 5.56 Å². The SMILES string of the molecule is CCOC(=O)c1ccc(NC(=O)CSc2ccc(-c3ccc4c(c3)OCO4)nn2)cc1. The first-order chi connectivity index (χ1) is 15.1. The molecule has 0 radical (unpaired) electrons. The number of fused-ring (bicyclic) bond motifs is 1. The van der Waals surface area contributed by atoms with Gasteiger partial charge in [0.2, 0.25) is 12.7 Å². The molecule has 2 aromatic carbocycles. The molecule has 1 aromatic heterocycles. The van der Waals surface area contributed by atoms with E-state index in [1.54, 1.807) is 31.2 Å². The molecular formula is C22H19N3O5S. The lowest BCUT2D eigenvalue weighted by atomic mass is 10.1. The van der Waals surface area contributed by atoms with Crippen LogP contribution < -0.4 is 14.8 Å². The van der Waals surface area contributed by atoms with E-state index < -0.39 is 5.97 Å². The standard InChI is InChI=1S/C22H19N3O5S/c1-2-28-22(27)14-3-6-16(7-4-14)23-20(26)12-31-21-10-8-17(24-25-21)15-5-9-18-19(11-15)30-13-29-18/h3-11H,2,12-13H2,1H3,(H,23,26). The van der Waals surface area contributed by atoms with Gasteiger partial charge in [0.05, 0.1) is 23.6 Å². The Kier molecular flexibility index (Phi) is 6.32. The maximum Gasteiger partial charge on any atom is 0.338 e. The molecule has 1 amide bonds. The fourth-order valence-corrected chi connectivity index (χ4v) is 3.46. The molecule has 31 heavy (non-hydrogen) atoms. The quantitative estimate of drug-likeness (QED) is 0.440. The summed E-state index contributed by atoms with van der Waals surface area (Å²) in [5, 5.41) is 11.8. The van der Waals surface area contributed by atoms with Crippen LogP contribution in [0.5, 0.6) is 11.5 Å². The molecular weight excluding hydrogens is 418 g/mol. The van der Waals surface area contributed by atoms with Gasteiger partial charge in [-0.05, 0) is 61.5 Å². The van der Waals surface area contributed by atoms with Crippen LogP contribution in [0.15, 0.2) is 59.6 Å². The minimum Gasteiger partial charge on any atom is -0.462 e. The number of carbonyl (C=O) groups is 2. The molecule has 0 atom stereocenters. The summed E-state index contributed by atoms with van der Waals surface area (Å²) in [7, 11) is 0. The monoisotopic (exact) mass is 437 g/mol. The third kappa shape index (κ3) is 5.13. The summed E-state index contributed by atoms with van der Waals surface area (Å²) in [4.78, 5) is 23.9. The van der Waals surface area contributed by atoms with E-state index in [-0.39, 0.29) is 18.5 Å². The van der Waals surface area contributed by atoms with Gasteiger partial charge in [0.15, 0.2) is 11.5 Å². The molecule has 3 aromatic rings. The largest absolute Gasteiger partial charge is 0.462 e. The topological polar surface area (TPSA) is 99.6 Å². The summed E-state index contributed by atoms with van der Waals surface area (Å²) >= 11 is 1.28. The van der Waals surface area contributed by atoms with Crippen molar-refractivity contribution in [2.75, 3.05) is 24.5 Å². The van der Waals surface area contributed by atoms with Gasteiger partial charge in [-0.1, -0.05) is 11.8 Å². The molecule has 0 fully saturated rings. The highest BCUT2D eigenvalue weighted by molar-refractivity contribution is 7.99. The van der Waals surface area contributed by atoms with Gasteiger partial charge >= 0.3 is 5.97 Å². The molecule has 0 saturated heterocycles. The maximum absolute atomic E-state index is 12.2. The normalized spacial score (nSPS) is 11.8. The van der Waals surface area contributed by atoms with Crippen LogP contribution in [0.25, 0.3) is 11.3 Å². The number of hydrogen-bond donors (Lipinski definition) is 1. The maximum atomic E-state index is 12.2. The fourth-order valence-electron chi connectivity index (χ4n) is 2.85. The zero-order chi connectivity index (χ0) is 21.6. The third-order valence-electron chi connectivity index (χ3n) is 4.34. The van der Waals surface area contributed by atoms with E-state index in [1.807, 2.05) is 30.3 Å². The number of benzene rings is 2. The van der Waals surface area contributed by atoms with Crippen molar-refractivity contribution >= 4 is 29.3 Å². The predicted octanol–water partition coefficient (Wildman–Crippen LogP) is 3.78. The molecule has 0 bridgehead atoms. The summed E-state index contributed by atoms with van der Waals surface area (Å²) in [6, 6.07) is 15.8. The lowest BCUT2D eigenvalue weighted by Crippen LogP contribution is -2.14. The summed E-state index contributed by atoms with van der Waals surface area (Å²) in [5.41, 5.74) is 2.61. The number of hydrogen-bond acceptors (Lipinski definition) is 8. The van der Waals surface area contributed by atoms with Crippen molar-refractivity contribution in [1.82, 2.24) is 10.2 Å². The van der Waals surface area contributed by atoms with Crippen molar-refractivity contribution in [3.63, 3.8) is 0 Å². The lowest BCUT2D eigenvalue weighted by Gasteiger charge is -2.07. The Morgan fingerprint density at radius 2 is 1.84 bits per heavy atom. The Morgan fingerprint density at radius 1 is 1.03 bits per heavy atom. The van der Waals surface area contributed by atoms with Crippen molar-refractivity contribution in [1.29, 1.82) is 0 Å². The number of rotatable bonds is 7. The van der Waals surface area contributed by atoms with Crippen LogP contribution in [-0.2, 0) is 9.53 Å². The van der Waals surface area contributed by atoms with Crippen molar-refractivity contribution in [2.45, 2.75) is 11.9 Å². The average molecular weight is 437 g/mol. The molecule has 4 rings (SSSR count). The highest BCUT2D eigenvalue weighted by Gasteiger charge is 2.15. The number of nitrogens with one attached hydrogen (secondary N) is 1. The van der Waals surface area contributed by atoms with E-state index in [4.69, 9.17) is 14.2 Å². The van der Waals surface area contributed by atoms with Gasteiger partial charge in [-0.25, -0.2) is 4.79 Å². The third-order valence-corrected chi connectivity index (χ3v) is 5.26. The van der Waals surface area contributed by atoms with Crippen molar-refractivity contribution < 1.29 is 23.8 Å². The van der Waals surface area contributed by atoms with Crippen molar-refractivity contribution in [2.24, 2.45) is 0 Å². The predicted molar refractivity (Wildman–Crippen MR) is 115 cm³/mol. The molecule has 0 unspecified atom stereocenters. The van der Waals surface area contributed by atoms with Crippen LogP contribution >= 0.6 is 11.8 Å². The Hall–Kier alpha value is -3.59. The van der Waals surface area contributed by atoms with Crippen LogP contribution in [0.3, 0.4) is 0 Å². The average Bonchev–Trinajstić information content (AvgIpc) is 3.27. The summed E-state index contributed by atoms with van der Waals surface area (Å²) in [5.74, 6) is 1.00. The first-order valence-corrected chi connectivity index (χ1v) is 10.5. The lowest BCUT2D eigenvalue weighted by molar-refractivity contribution is -0.113. The summed E-state index contributed by atoms with van der Waals surface area (Å²) in [6.07, 6.45) is 0. The molecule has 158 valence electrons. The zero-order valence-corrected chi connectivity index (χ0v) is 17.5. The minimum absolute atomic E-state index is 0.178. The van der Waals surface area contributed by atoms with Crippen LogP contribution in [0.4, 0.5) is 5.69 Å². The second-order valence-electron chi connectivity index (χ2n) is 6.46. The molecule has 8 nitrogen and oxygen atoms in total. The number of ether oxygens (including phenoxy) is 3. The first-order valence-electron chi connectivity index (χ1n) is 9.56. The second-order valence-corrected chi connectivity index (χ2v) is 7.46. The van der Waals surface area contributed by atoms with Crippen LogP contribution in [-0.4, -0.2) is 41.2 Å². The molecule has 2 heterocycles. The van der Waals surface area contributed by atoms with Crippen LogP contribution in [0.1, 0.15) is 17.3 Å².